The summed E-state index contributed by atoms with van der Waals surface area (Å²) in [7, 11) is 0. The molecule has 0 bridgehead atoms. The van der Waals surface area contributed by atoms with Gasteiger partial charge in [-0.25, -0.2) is 0 Å². The number of anilines is 2. The van der Waals surface area contributed by atoms with E-state index in [9.17, 15) is 9.90 Å². The molecule has 0 atom stereocenters. The van der Waals surface area contributed by atoms with Crippen molar-refractivity contribution in [1.82, 2.24) is 5.32 Å². The van der Waals surface area contributed by atoms with Crippen molar-refractivity contribution in [3.05, 3.63) is 57.6 Å². The minimum Gasteiger partial charge on any atom is -0.545 e. The molecule has 2 aromatic rings. The molecule has 0 radical (unpaired) electrons. The van der Waals surface area contributed by atoms with E-state index in [4.69, 9.17) is 23.2 Å². The summed E-state index contributed by atoms with van der Waals surface area (Å²) in [5.41, 5.74) is 1.77. The van der Waals surface area contributed by atoms with Crippen molar-refractivity contribution >= 4 is 40.5 Å². The molecule has 0 amide bonds. The van der Waals surface area contributed by atoms with Crippen molar-refractivity contribution in [2.24, 2.45) is 0 Å². The molecule has 3 rings (SSSR count). The molecule has 7 heteroatoms. The number of rotatable bonds is 3. The molecule has 134 valence electrons. The number of carbonyl (C=O) groups excluding carboxylic acids is 1. The molecule has 0 spiro atoms. The average molecular weight is 382 g/mol. The quantitative estimate of drug-likeness (QED) is 0.753. The van der Waals surface area contributed by atoms with Gasteiger partial charge < -0.3 is 25.9 Å². The van der Waals surface area contributed by atoms with Crippen LogP contribution in [0.3, 0.4) is 0 Å². The van der Waals surface area contributed by atoms with Gasteiger partial charge >= 0.3 is 0 Å². The number of aromatic carboxylic acids is 1. The Morgan fingerprint density at radius 2 is 1.84 bits per heavy atom. The monoisotopic (exact) mass is 381 g/mol. The van der Waals surface area contributed by atoms with Crippen molar-refractivity contribution in [1.29, 1.82) is 0 Å². The first-order valence-corrected chi connectivity index (χ1v) is 8.80. The largest absolute Gasteiger partial charge is 0.545 e. The van der Waals surface area contributed by atoms with Gasteiger partial charge in [0.1, 0.15) is 0 Å². The van der Waals surface area contributed by atoms with Gasteiger partial charge in [-0.3, -0.25) is 0 Å². The topological polar surface area (TPSA) is 80.8 Å². The third kappa shape index (κ3) is 5.61. The number of benzene rings is 2. The first-order chi connectivity index (χ1) is 12.0. The fourth-order valence-corrected chi connectivity index (χ4v) is 2.82. The number of quaternary nitrogens is 1. The van der Waals surface area contributed by atoms with Crippen LogP contribution in [0, 0.1) is 6.92 Å². The summed E-state index contributed by atoms with van der Waals surface area (Å²) < 4.78 is 0. The van der Waals surface area contributed by atoms with Crippen LogP contribution in [0.2, 0.25) is 10.0 Å². The predicted octanol–water partition coefficient (Wildman–Crippen LogP) is 1.56. The fourth-order valence-electron chi connectivity index (χ4n) is 2.35. The molecule has 1 heterocycles. The van der Waals surface area contributed by atoms with Crippen molar-refractivity contribution < 1.29 is 15.2 Å². The molecule has 0 aliphatic carbocycles. The Morgan fingerprint density at radius 3 is 2.40 bits per heavy atom. The summed E-state index contributed by atoms with van der Waals surface area (Å²) in [4.78, 5) is 11.0. The summed E-state index contributed by atoms with van der Waals surface area (Å²) in [5, 5.41) is 20.4. The molecule has 1 fully saturated rings. The lowest BCUT2D eigenvalue weighted by Gasteiger charge is -2.15. The maximum atomic E-state index is 11.0. The Hall–Kier alpha value is -1.79. The molecular formula is C18H21Cl2N3O2. The molecule has 0 aromatic heterocycles. The first-order valence-electron chi connectivity index (χ1n) is 8.05. The molecule has 4 N–H and O–H groups in total. The van der Waals surface area contributed by atoms with E-state index in [0.29, 0.717) is 21.4 Å². The van der Waals surface area contributed by atoms with Crippen LogP contribution in [-0.4, -0.2) is 32.1 Å². The van der Waals surface area contributed by atoms with E-state index in [-0.39, 0.29) is 5.56 Å². The van der Waals surface area contributed by atoms with Crippen molar-refractivity contribution in [3.63, 3.8) is 0 Å². The van der Waals surface area contributed by atoms with E-state index in [2.05, 4.69) is 16.0 Å². The number of halogens is 2. The highest BCUT2D eigenvalue weighted by molar-refractivity contribution is 6.39. The lowest BCUT2D eigenvalue weighted by molar-refractivity contribution is -0.657. The van der Waals surface area contributed by atoms with E-state index in [0.717, 1.165) is 5.56 Å². The zero-order valence-electron chi connectivity index (χ0n) is 13.9. The molecule has 0 saturated carbocycles. The number of carbonyl (C=O) groups is 1. The Labute approximate surface area is 157 Å². The van der Waals surface area contributed by atoms with Gasteiger partial charge in [0, 0.05) is 24.3 Å². The highest BCUT2D eigenvalue weighted by Crippen LogP contribution is 2.35. The zero-order valence-corrected chi connectivity index (χ0v) is 15.5. The zero-order chi connectivity index (χ0) is 18.2. The Bertz CT molecular complexity index is 723. The number of piperazine rings is 1. The summed E-state index contributed by atoms with van der Waals surface area (Å²) in [6.45, 7) is 6.76. The third-order valence-corrected chi connectivity index (χ3v) is 4.54. The smallest absolute Gasteiger partial charge is 0.0882 e. The van der Waals surface area contributed by atoms with Gasteiger partial charge in [0.05, 0.1) is 34.8 Å². The predicted molar refractivity (Wildman–Crippen MR) is 99.8 cm³/mol. The normalized spacial score (nSPS) is 13.6. The van der Waals surface area contributed by atoms with Crippen molar-refractivity contribution in [2.75, 3.05) is 31.5 Å². The third-order valence-electron chi connectivity index (χ3n) is 3.74. The molecule has 1 aliphatic heterocycles. The molecule has 1 aliphatic rings. The number of nitrogens with one attached hydrogen (secondary N) is 2. The standard InChI is InChI=1S/C14H11Cl2NO2.C4H10N2/c1-8-6-7-10(15)13(12(8)16)17-11-5-3-2-4-9(11)14(18)19;1-2-6-4-3-5-1/h2-7,17H,1H3,(H,18,19);5-6H,1-4H2. The van der Waals surface area contributed by atoms with Crippen LogP contribution in [0.5, 0.6) is 0 Å². The highest BCUT2D eigenvalue weighted by Gasteiger charge is 2.10. The van der Waals surface area contributed by atoms with Crippen LogP contribution in [-0.2, 0) is 0 Å². The summed E-state index contributed by atoms with van der Waals surface area (Å²) in [6.07, 6.45) is 0. The Morgan fingerprint density at radius 1 is 1.16 bits per heavy atom. The lowest BCUT2D eigenvalue weighted by Crippen LogP contribution is -2.89. The number of hydrogen-bond donors (Lipinski definition) is 3. The van der Waals surface area contributed by atoms with Gasteiger partial charge in [-0.05, 0) is 24.6 Å². The SMILES string of the molecule is C1C[NH2+]CCN1.Cc1ccc(Cl)c(Nc2ccccc2C(=O)[O-])c1Cl. The van der Waals surface area contributed by atoms with Crippen molar-refractivity contribution in [3.8, 4) is 0 Å². The minimum atomic E-state index is -1.26. The van der Waals surface area contributed by atoms with E-state index in [1.165, 1.54) is 32.2 Å². The maximum Gasteiger partial charge on any atom is 0.0882 e. The van der Waals surface area contributed by atoms with E-state index in [1.807, 2.05) is 6.92 Å². The fraction of sp³-hybridized carbons (Fsp3) is 0.278. The Balaban J connectivity index is 0.000000316. The minimum absolute atomic E-state index is 0.0520. The number of para-hydroxylation sites is 1. The van der Waals surface area contributed by atoms with Gasteiger partial charge in [-0.2, -0.15) is 0 Å². The highest BCUT2D eigenvalue weighted by atomic mass is 35.5. The second-order valence-electron chi connectivity index (χ2n) is 5.63. The van der Waals surface area contributed by atoms with Crippen LogP contribution in [0.1, 0.15) is 15.9 Å². The number of aryl methyl sites for hydroxylation is 1. The molecule has 25 heavy (non-hydrogen) atoms. The van der Waals surface area contributed by atoms with E-state index < -0.39 is 5.97 Å². The molecule has 5 nitrogen and oxygen atoms in total. The van der Waals surface area contributed by atoms with Crippen LogP contribution < -0.4 is 21.1 Å². The van der Waals surface area contributed by atoms with Crippen LogP contribution in [0.4, 0.5) is 11.4 Å². The number of carboxylic acids is 1. The van der Waals surface area contributed by atoms with Gasteiger partial charge in [-0.1, -0.05) is 47.5 Å². The number of nitrogens with two attached hydrogens (primary N) is 1. The van der Waals surface area contributed by atoms with Crippen molar-refractivity contribution in [2.45, 2.75) is 6.92 Å². The molecule has 0 unspecified atom stereocenters. The second kappa shape index (κ2) is 9.63. The van der Waals surface area contributed by atoms with Gasteiger partial charge in [0.15, 0.2) is 0 Å². The van der Waals surface area contributed by atoms with Gasteiger partial charge in [0.25, 0.3) is 0 Å². The average Bonchev–Trinajstić information content (AvgIpc) is 2.64. The molecule has 1 saturated heterocycles. The van der Waals surface area contributed by atoms with E-state index >= 15 is 0 Å². The van der Waals surface area contributed by atoms with Gasteiger partial charge in [0.2, 0.25) is 0 Å². The summed E-state index contributed by atoms with van der Waals surface area (Å²) >= 11 is 12.2. The summed E-state index contributed by atoms with van der Waals surface area (Å²) in [5.74, 6) is -1.26. The maximum absolute atomic E-state index is 11.0. The summed E-state index contributed by atoms with van der Waals surface area (Å²) in [6, 6.07) is 9.91. The second-order valence-corrected chi connectivity index (χ2v) is 6.41. The number of carboxylic acid groups (broad SMARTS) is 1. The number of hydrogen-bond acceptors (Lipinski definition) is 4. The lowest BCUT2D eigenvalue weighted by atomic mass is 10.1. The molecule has 2 aromatic carbocycles. The van der Waals surface area contributed by atoms with Crippen LogP contribution in [0.25, 0.3) is 0 Å². The van der Waals surface area contributed by atoms with Crippen LogP contribution >= 0.6 is 23.2 Å². The van der Waals surface area contributed by atoms with Crippen LogP contribution in [0.15, 0.2) is 36.4 Å². The molecular weight excluding hydrogens is 361 g/mol. The van der Waals surface area contributed by atoms with Gasteiger partial charge in [-0.15, -0.1) is 0 Å². The van der Waals surface area contributed by atoms with E-state index in [1.54, 1.807) is 30.3 Å². The Kier molecular flexibility index (Phi) is 7.52. The first kappa shape index (κ1) is 19.5.